The molecular weight excluding hydrogens is 306 g/mol. The van der Waals surface area contributed by atoms with Gasteiger partial charge in [0.15, 0.2) is 15.3 Å². The number of hydrogen-bond acceptors (Lipinski definition) is 7. The molecule has 1 saturated carbocycles. The van der Waals surface area contributed by atoms with Crippen molar-refractivity contribution in [3.05, 3.63) is 23.9 Å². The highest BCUT2D eigenvalue weighted by Crippen LogP contribution is 2.40. The first-order chi connectivity index (χ1) is 10.2. The molecule has 0 aliphatic heterocycles. The van der Waals surface area contributed by atoms with Crippen LogP contribution in [-0.2, 0) is 7.05 Å². The lowest BCUT2D eigenvalue weighted by atomic mass is 10.2. The smallest absolute Gasteiger partial charge is 0.198 e. The second-order valence-corrected chi connectivity index (χ2v) is 7.02. The van der Waals surface area contributed by atoms with E-state index in [1.165, 1.54) is 36.1 Å². The molecule has 0 saturated heterocycles. The standard InChI is InChI=1S/C13H13N5OS2/c1-7-9(5-6-19-7)11-15-16-12(18(11)2)20-13-14-10(17-21-13)8-3-4-8/h5-6,8H,3-4H2,1-2H3. The van der Waals surface area contributed by atoms with Gasteiger partial charge in [-0.2, -0.15) is 4.37 Å². The molecule has 0 amide bonds. The van der Waals surface area contributed by atoms with Crippen LogP contribution in [0, 0.1) is 6.92 Å². The maximum atomic E-state index is 5.33. The molecule has 0 unspecified atom stereocenters. The molecule has 0 spiro atoms. The largest absolute Gasteiger partial charge is 0.469 e. The van der Waals surface area contributed by atoms with Gasteiger partial charge >= 0.3 is 0 Å². The van der Waals surface area contributed by atoms with E-state index in [1.807, 2.05) is 24.6 Å². The van der Waals surface area contributed by atoms with Gasteiger partial charge in [-0.1, -0.05) is 0 Å². The Bertz CT molecular complexity index is 786. The molecule has 108 valence electrons. The fraction of sp³-hybridized carbons (Fsp3) is 0.385. The Morgan fingerprint density at radius 2 is 2.24 bits per heavy atom. The number of hydrogen-bond donors (Lipinski definition) is 0. The van der Waals surface area contributed by atoms with E-state index in [2.05, 4.69) is 19.6 Å². The summed E-state index contributed by atoms with van der Waals surface area (Å²) in [5.74, 6) is 3.21. The van der Waals surface area contributed by atoms with Crippen molar-refractivity contribution >= 4 is 23.3 Å². The minimum absolute atomic E-state index is 0.583. The number of aromatic nitrogens is 5. The van der Waals surface area contributed by atoms with Crippen LogP contribution >= 0.6 is 23.3 Å². The molecule has 3 aromatic rings. The van der Waals surface area contributed by atoms with Crippen molar-refractivity contribution in [1.29, 1.82) is 0 Å². The van der Waals surface area contributed by atoms with Crippen molar-refractivity contribution in [2.75, 3.05) is 0 Å². The zero-order valence-corrected chi connectivity index (χ0v) is 13.2. The van der Waals surface area contributed by atoms with Gasteiger partial charge in [0.1, 0.15) is 11.6 Å². The van der Waals surface area contributed by atoms with Crippen molar-refractivity contribution in [2.45, 2.75) is 35.2 Å². The van der Waals surface area contributed by atoms with Crippen LogP contribution in [0.15, 0.2) is 26.2 Å². The van der Waals surface area contributed by atoms with E-state index in [0.29, 0.717) is 5.92 Å². The summed E-state index contributed by atoms with van der Waals surface area (Å²) in [7, 11) is 1.95. The van der Waals surface area contributed by atoms with E-state index in [9.17, 15) is 0 Å². The summed E-state index contributed by atoms with van der Waals surface area (Å²) < 4.78 is 12.6. The molecule has 0 radical (unpaired) electrons. The fourth-order valence-electron chi connectivity index (χ4n) is 2.10. The predicted molar refractivity (Wildman–Crippen MR) is 79.4 cm³/mol. The molecule has 21 heavy (non-hydrogen) atoms. The summed E-state index contributed by atoms with van der Waals surface area (Å²) in [6.07, 6.45) is 4.10. The van der Waals surface area contributed by atoms with Crippen molar-refractivity contribution in [3.8, 4) is 11.4 Å². The third kappa shape index (κ3) is 2.38. The summed E-state index contributed by atoms with van der Waals surface area (Å²) in [5, 5.41) is 9.32. The van der Waals surface area contributed by atoms with Crippen LogP contribution in [0.3, 0.4) is 0 Å². The Morgan fingerprint density at radius 3 is 2.95 bits per heavy atom. The quantitative estimate of drug-likeness (QED) is 0.735. The molecule has 6 nitrogen and oxygen atoms in total. The van der Waals surface area contributed by atoms with Gasteiger partial charge in [0.25, 0.3) is 0 Å². The maximum Gasteiger partial charge on any atom is 0.198 e. The lowest BCUT2D eigenvalue weighted by Gasteiger charge is -2.00. The van der Waals surface area contributed by atoms with Crippen molar-refractivity contribution in [3.63, 3.8) is 0 Å². The van der Waals surface area contributed by atoms with Gasteiger partial charge < -0.3 is 8.98 Å². The van der Waals surface area contributed by atoms with E-state index < -0.39 is 0 Å². The summed E-state index contributed by atoms with van der Waals surface area (Å²) in [6, 6.07) is 1.91. The van der Waals surface area contributed by atoms with E-state index in [1.54, 1.807) is 6.26 Å². The van der Waals surface area contributed by atoms with Gasteiger partial charge in [0.2, 0.25) is 0 Å². The first-order valence-electron chi connectivity index (χ1n) is 6.67. The zero-order valence-electron chi connectivity index (χ0n) is 11.6. The van der Waals surface area contributed by atoms with Gasteiger partial charge in [-0.05, 0) is 49.1 Å². The monoisotopic (exact) mass is 319 g/mol. The average Bonchev–Trinajstić information content (AvgIpc) is 2.91. The number of rotatable bonds is 4. The highest BCUT2D eigenvalue weighted by Gasteiger charge is 2.28. The summed E-state index contributed by atoms with van der Waals surface area (Å²) in [4.78, 5) is 4.57. The molecular formula is C13H13N5OS2. The van der Waals surface area contributed by atoms with E-state index in [4.69, 9.17) is 4.42 Å². The van der Waals surface area contributed by atoms with Crippen molar-refractivity contribution < 1.29 is 4.42 Å². The molecule has 4 rings (SSSR count). The Kier molecular flexibility index (Phi) is 3.07. The Morgan fingerprint density at radius 1 is 1.38 bits per heavy atom. The normalized spacial score (nSPS) is 14.8. The lowest BCUT2D eigenvalue weighted by Crippen LogP contribution is -1.94. The van der Waals surface area contributed by atoms with Crippen molar-refractivity contribution in [1.82, 2.24) is 24.1 Å². The minimum Gasteiger partial charge on any atom is -0.469 e. The molecule has 1 aliphatic carbocycles. The molecule has 3 heterocycles. The first kappa shape index (κ1) is 13.0. The van der Waals surface area contributed by atoms with Crippen LogP contribution in [0.2, 0.25) is 0 Å². The molecule has 0 N–H and O–H groups in total. The van der Waals surface area contributed by atoms with Crippen molar-refractivity contribution in [2.24, 2.45) is 7.05 Å². The van der Waals surface area contributed by atoms with Gasteiger partial charge in [0, 0.05) is 13.0 Å². The topological polar surface area (TPSA) is 69.6 Å². The lowest BCUT2D eigenvalue weighted by molar-refractivity contribution is 0.534. The van der Waals surface area contributed by atoms with Crippen LogP contribution in [-0.4, -0.2) is 24.1 Å². The average molecular weight is 319 g/mol. The van der Waals surface area contributed by atoms with Crippen LogP contribution < -0.4 is 0 Å². The van der Waals surface area contributed by atoms with E-state index >= 15 is 0 Å². The van der Waals surface area contributed by atoms with Gasteiger partial charge in [-0.3, -0.25) is 0 Å². The fourth-order valence-corrected chi connectivity index (χ4v) is 3.68. The van der Waals surface area contributed by atoms with Gasteiger partial charge in [-0.15, -0.1) is 10.2 Å². The molecule has 1 fully saturated rings. The molecule has 0 aromatic carbocycles. The van der Waals surface area contributed by atoms with Gasteiger partial charge in [0.05, 0.1) is 11.8 Å². The third-order valence-electron chi connectivity index (χ3n) is 3.48. The third-order valence-corrected chi connectivity index (χ3v) is 5.28. The SMILES string of the molecule is Cc1occc1-c1nnc(Sc2nc(C3CC3)ns2)n1C. The van der Waals surface area contributed by atoms with Crippen LogP contribution in [0.1, 0.15) is 30.3 Å². The highest BCUT2D eigenvalue weighted by molar-refractivity contribution is 8.00. The molecule has 0 atom stereocenters. The Hall–Kier alpha value is -1.67. The maximum absolute atomic E-state index is 5.33. The second kappa shape index (κ2) is 4.96. The first-order valence-corrected chi connectivity index (χ1v) is 8.26. The molecule has 0 bridgehead atoms. The number of furan rings is 1. The summed E-state index contributed by atoms with van der Waals surface area (Å²) in [5.41, 5.74) is 0.966. The van der Waals surface area contributed by atoms with E-state index in [0.717, 1.165) is 32.5 Å². The minimum atomic E-state index is 0.583. The van der Waals surface area contributed by atoms with Crippen LogP contribution in [0.5, 0.6) is 0 Å². The number of nitrogens with zero attached hydrogens (tertiary/aromatic N) is 5. The van der Waals surface area contributed by atoms with E-state index in [-0.39, 0.29) is 0 Å². The van der Waals surface area contributed by atoms with Gasteiger partial charge in [-0.25, -0.2) is 4.98 Å². The van der Waals surface area contributed by atoms with Crippen LogP contribution in [0.4, 0.5) is 0 Å². The molecule has 1 aliphatic rings. The Labute approximate surface area is 129 Å². The second-order valence-electron chi connectivity index (χ2n) is 5.05. The summed E-state index contributed by atoms with van der Waals surface area (Å²) >= 11 is 2.94. The molecule has 8 heteroatoms. The van der Waals surface area contributed by atoms with Crippen LogP contribution in [0.25, 0.3) is 11.4 Å². The highest BCUT2D eigenvalue weighted by atomic mass is 32.2. The zero-order chi connectivity index (χ0) is 14.4. The Balaban J connectivity index is 1.60. The number of aryl methyl sites for hydroxylation is 1. The summed E-state index contributed by atoms with van der Waals surface area (Å²) in [6.45, 7) is 1.92. The molecule has 3 aromatic heterocycles. The predicted octanol–water partition coefficient (Wildman–Crippen LogP) is 3.26.